The van der Waals surface area contributed by atoms with Crippen LogP contribution in [0, 0.1) is 0 Å². The van der Waals surface area contributed by atoms with Crippen LogP contribution in [-0.2, 0) is 14.4 Å². The van der Waals surface area contributed by atoms with Crippen LogP contribution in [0.2, 0.25) is 0 Å². The molecular weight excluding hydrogens is 306 g/mol. The van der Waals surface area contributed by atoms with E-state index < -0.39 is 0 Å². The molecule has 0 atom stereocenters. The van der Waals surface area contributed by atoms with E-state index in [4.69, 9.17) is 0 Å². The average molecular weight is 329 g/mol. The van der Waals surface area contributed by atoms with E-state index in [0.29, 0.717) is 11.4 Å². The molecule has 1 aromatic carbocycles. The van der Waals surface area contributed by atoms with Gasteiger partial charge in [0.15, 0.2) is 0 Å². The van der Waals surface area contributed by atoms with Crippen molar-refractivity contribution < 1.29 is 14.4 Å². The van der Waals surface area contributed by atoms with Crippen molar-refractivity contribution in [2.24, 2.45) is 0 Å². The highest BCUT2D eigenvalue weighted by atomic mass is 16.2. The lowest BCUT2D eigenvalue weighted by molar-refractivity contribution is -0.133. The minimum absolute atomic E-state index is 0.00769. The quantitative estimate of drug-likeness (QED) is 0.924. The van der Waals surface area contributed by atoms with Gasteiger partial charge in [0.1, 0.15) is 6.54 Å². The number of para-hydroxylation sites is 2. The molecule has 0 bridgehead atoms. The molecule has 6 heteroatoms. The molecule has 1 aromatic rings. The zero-order chi connectivity index (χ0) is 16.9. The molecule has 2 aliphatic heterocycles. The second kappa shape index (κ2) is 7.47. The van der Waals surface area contributed by atoms with Gasteiger partial charge in [0.25, 0.3) is 0 Å². The number of likely N-dealkylation sites (tertiary alicyclic amines) is 1. The van der Waals surface area contributed by atoms with Crippen molar-refractivity contribution in [3.05, 3.63) is 24.3 Å². The third-order valence-electron chi connectivity index (χ3n) is 4.58. The molecule has 128 valence electrons. The normalized spacial score (nSPS) is 17.8. The highest BCUT2D eigenvalue weighted by molar-refractivity contribution is 6.10. The van der Waals surface area contributed by atoms with Crippen molar-refractivity contribution >= 4 is 29.1 Å². The average Bonchev–Trinajstić information content (AvgIpc) is 2.88. The molecule has 0 radical (unpaired) electrons. The van der Waals surface area contributed by atoms with Gasteiger partial charge in [-0.2, -0.15) is 0 Å². The summed E-state index contributed by atoms with van der Waals surface area (Å²) >= 11 is 0. The molecule has 24 heavy (non-hydrogen) atoms. The zero-order valence-electron chi connectivity index (χ0n) is 13.8. The maximum atomic E-state index is 12.5. The number of hydrogen-bond acceptors (Lipinski definition) is 3. The maximum absolute atomic E-state index is 12.5. The van der Waals surface area contributed by atoms with Crippen LogP contribution >= 0.6 is 0 Å². The number of rotatable bonds is 3. The van der Waals surface area contributed by atoms with Crippen molar-refractivity contribution in [1.29, 1.82) is 0 Å². The molecule has 3 rings (SSSR count). The van der Waals surface area contributed by atoms with Gasteiger partial charge in [0.05, 0.1) is 11.4 Å². The fourth-order valence-corrected chi connectivity index (χ4v) is 3.28. The van der Waals surface area contributed by atoms with Gasteiger partial charge in [0.2, 0.25) is 17.7 Å². The van der Waals surface area contributed by atoms with E-state index in [1.165, 1.54) is 17.7 Å². The standard InChI is InChI=1S/C18H23N3O3/c22-16-13-21(15-8-4-3-7-14(15)19-16)18(24)10-9-17(23)20-11-5-1-2-6-12-20/h3-4,7-8H,1-2,5-6,9-13H2,(H,19,22). The number of nitrogens with one attached hydrogen (secondary N) is 1. The molecule has 1 N–H and O–H groups in total. The highest BCUT2D eigenvalue weighted by Gasteiger charge is 2.27. The van der Waals surface area contributed by atoms with Gasteiger partial charge in [-0.15, -0.1) is 0 Å². The lowest BCUT2D eigenvalue weighted by atomic mass is 10.1. The molecule has 2 heterocycles. The summed E-state index contributed by atoms with van der Waals surface area (Å²) < 4.78 is 0. The SMILES string of the molecule is O=C1CN(C(=O)CCC(=O)N2CCCCCC2)c2ccccc2N1. The first kappa shape index (κ1) is 16.5. The summed E-state index contributed by atoms with van der Waals surface area (Å²) in [5.74, 6) is -0.346. The summed E-state index contributed by atoms with van der Waals surface area (Å²) in [6.45, 7) is 1.59. The number of benzene rings is 1. The van der Waals surface area contributed by atoms with E-state index in [0.717, 1.165) is 25.9 Å². The molecule has 1 fully saturated rings. The summed E-state index contributed by atoms with van der Waals surface area (Å²) in [6.07, 6.45) is 4.76. The molecule has 2 aliphatic rings. The summed E-state index contributed by atoms with van der Waals surface area (Å²) in [5.41, 5.74) is 1.34. The minimum Gasteiger partial charge on any atom is -0.343 e. The van der Waals surface area contributed by atoms with Gasteiger partial charge in [-0.3, -0.25) is 14.4 Å². The van der Waals surface area contributed by atoms with Crippen LogP contribution in [-0.4, -0.2) is 42.3 Å². The van der Waals surface area contributed by atoms with Gasteiger partial charge in [-0.05, 0) is 25.0 Å². The van der Waals surface area contributed by atoms with Crippen molar-refractivity contribution in [2.75, 3.05) is 29.9 Å². The maximum Gasteiger partial charge on any atom is 0.244 e. The van der Waals surface area contributed by atoms with Crippen molar-refractivity contribution in [3.63, 3.8) is 0 Å². The predicted octanol–water partition coefficient (Wildman–Crippen LogP) is 2.15. The Morgan fingerprint density at radius 3 is 2.38 bits per heavy atom. The third kappa shape index (κ3) is 3.75. The second-order valence-electron chi connectivity index (χ2n) is 6.34. The monoisotopic (exact) mass is 329 g/mol. The van der Waals surface area contributed by atoms with E-state index in [9.17, 15) is 14.4 Å². The number of carbonyl (C=O) groups excluding carboxylic acids is 3. The fraction of sp³-hybridized carbons (Fsp3) is 0.500. The smallest absolute Gasteiger partial charge is 0.244 e. The third-order valence-corrected chi connectivity index (χ3v) is 4.58. The number of anilines is 2. The van der Waals surface area contributed by atoms with E-state index in [-0.39, 0.29) is 37.1 Å². The molecular formula is C18H23N3O3. The Morgan fingerprint density at radius 2 is 1.62 bits per heavy atom. The first-order valence-corrected chi connectivity index (χ1v) is 8.62. The number of fused-ring (bicyclic) bond motifs is 1. The topological polar surface area (TPSA) is 69.7 Å². The first-order valence-electron chi connectivity index (χ1n) is 8.62. The van der Waals surface area contributed by atoms with Gasteiger partial charge in [-0.25, -0.2) is 0 Å². The molecule has 6 nitrogen and oxygen atoms in total. The van der Waals surface area contributed by atoms with Gasteiger partial charge < -0.3 is 15.1 Å². The number of nitrogens with zero attached hydrogens (tertiary/aromatic N) is 2. The number of amides is 3. The Bertz CT molecular complexity index is 636. The Labute approximate surface area is 141 Å². The predicted molar refractivity (Wildman–Crippen MR) is 91.7 cm³/mol. The van der Waals surface area contributed by atoms with E-state index in [1.54, 1.807) is 6.07 Å². The summed E-state index contributed by atoms with van der Waals surface area (Å²) in [4.78, 5) is 40.0. The Morgan fingerprint density at radius 1 is 0.958 bits per heavy atom. The van der Waals surface area contributed by atoms with E-state index in [2.05, 4.69) is 5.32 Å². The van der Waals surface area contributed by atoms with Crippen molar-refractivity contribution in [1.82, 2.24) is 4.90 Å². The minimum atomic E-state index is -0.208. The van der Waals surface area contributed by atoms with E-state index >= 15 is 0 Å². The van der Waals surface area contributed by atoms with E-state index in [1.807, 2.05) is 23.1 Å². The van der Waals surface area contributed by atoms with Crippen LogP contribution in [0.15, 0.2) is 24.3 Å². The zero-order valence-corrected chi connectivity index (χ0v) is 13.8. The highest BCUT2D eigenvalue weighted by Crippen LogP contribution is 2.29. The van der Waals surface area contributed by atoms with Gasteiger partial charge >= 0.3 is 0 Å². The van der Waals surface area contributed by atoms with Crippen LogP contribution in [0.3, 0.4) is 0 Å². The Hall–Kier alpha value is -2.37. The lowest BCUT2D eigenvalue weighted by Crippen LogP contribution is -2.42. The summed E-state index contributed by atoms with van der Waals surface area (Å²) in [6, 6.07) is 7.23. The molecule has 1 saturated heterocycles. The van der Waals surface area contributed by atoms with Crippen LogP contribution < -0.4 is 10.2 Å². The lowest BCUT2D eigenvalue weighted by Gasteiger charge is -2.29. The molecule has 0 unspecified atom stereocenters. The number of carbonyl (C=O) groups is 3. The van der Waals surface area contributed by atoms with Crippen LogP contribution in [0.4, 0.5) is 11.4 Å². The van der Waals surface area contributed by atoms with Crippen LogP contribution in [0.25, 0.3) is 0 Å². The molecule has 0 spiro atoms. The molecule has 0 aromatic heterocycles. The van der Waals surface area contributed by atoms with Crippen LogP contribution in [0.5, 0.6) is 0 Å². The van der Waals surface area contributed by atoms with Crippen LogP contribution in [0.1, 0.15) is 38.5 Å². The number of hydrogen-bond donors (Lipinski definition) is 1. The summed E-state index contributed by atoms with van der Waals surface area (Å²) in [7, 11) is 0. The second-order valence-corrected chi connectivity index (χ2v) is 6.34. The van der Waals surface area contributed by atoms with Gasteiger partial charge in [0, 0.05) is 25.9 Å². The van der Waals surface area contributed by atoms with Crippen molar-refractivity contribution in [3.8, 4) is 0 Å². The Kier molecular flexibility index (Phi) is 5.13. The molecule has 0 saturated carbocycles. The first-order chi connectivity index (χ1) is 11.6. The largest absolute Gasteiger partial charge is 0.343 e. The summed E-state index contributed by atoms with van der Waals surface area (Å²) in [5, 5.41) is 2.76. The van der Waals surface area contributed by atoms with Crippen molar-refractivity contribution in [2.45, 2.75) is 38.5 Å². The Balaban J connectivity index is 1.61. The molecule has 0 aliphatic carbocycles. The van der Waals surface area contributed by atoms with Gasteiger partial charge in [-0.1, -0.05) is 25.0 Å². The molecule has 3 amide bonds. The fourth-order valence-electron chi connectivity index (χ4n) is 3.28.